The van der Waals surface area contributed by atoms with Crippen molar-refractivity contribution in [2.75, 3.05) is 0 Å². The molecule has 1 rings (SSSR count). The maximum absolute atomic E-state index is 10.8. The van der Waals surface area contributed by atoms with Gasteiger partial charge in [-0.3, -0.25) is 4.79 Å². The van der Waals surface area contributed by atoms with Crippen molar-refractivity contribution in [1.29, 1.82) is 0 Å². The Balaban J connectivity index is 2.63. The van der Waals surface area contributed by atoms with Crippen LogP contribution in [0.3, 0.4) is 0 Å². The summed E-state index contributed by atoms with van der Waals surface area (Å²) in [6.07, 6.45) is 1.48. The molecular weight excluding hydrogens is 162 g/mol. The molecule has 1 aliphatic rings. The Kier molecular flexibility index (Phi) is 2.75. The van der Waals surface area contributed by atoms with Gasteiger partial charge in [0, 0.05) is 12.0 Å². The van der Waals surface area contributed by atoms with Gasteiger partial charge in [-0.1, -0.05) is 11.6 Å². The zero-order valence-corrected chi connectivity index (χ0v) is 7.11. The van der Waals surface area contributed by atoms with Gasteiger partial charge in [0.15, 0.2) is 0 Å². The van der Waals surface area contributed by atoms with Crippen molar-refractivity contribution < 1.29 is 4.79 Å². The SMILES string of the molecule is CC(=C=CCl)C1CCC(=O)N1. The fraction of sp³-hybridized carbons (Fsp3) is 0.500. The molecule has 0 aromatic heterocycles. The molecule has 1 amide bonds. The van der Waals surface area contributed by atoms with Crippen molar-refractivity contribution in [3.05, 3.63) is 16.8 Å². The number of nitrogens with one attached hydrogen (secondary N) is 1. The van der Waals surface area contributed by atoms with Crippen molar-refractivity contribution in [3.63, 3.8) is 0 Å². The Morgan fingerprint density at radius 1 is 1.91 bits per heavy atom. The number of hydrogen-bond acceptors (Lipinski definition) is 1. The lowest BCUT2D eigenvalue weighted by atomic mass is 10.1. The van der Waals surface area contributed by atoms with Crippen LogP contribution in [0.15, 0.2) is 16.8 Å². The van der Waals surface area contributed by atoms with Gasteiger partial charge in [0.2, 0.25) is 5.91 Å². The molecule has 0 radical (unpaired) electrons. The first-order chi connectivity index (χ1) is 5.24. The predicted octanol–water partition coefficient (Wildman–Crippen LogP) is 1.56. The van der Waals surface area contributed by atoms with Crippen LogP contribution in [0.4, 0.5) is 0 Å². The third-order valence-electron chi connectivity index (χ3n) is 1.80. The number of rotatable bonds is 1. The van der Waals surface area contributed by atoms with Gasteiger partial charge in [-0.2, -0.15) is 0 Å². The van der Waals surface area contributed by atoms with Gasteiger partial charge >= 0.3 is 0 Å². The summed E-state index contributed by atoms with van der Waals surface area (Å²) in [5.74, 6) is 0.116. The summed E-state index contributed by atoms with van der Waals surface area (Å²) in [4.78, 5) is 10.8. The second kappa shape index (κ2) is 3.61. The molecule has 0 bridgehead atoms. The number of hydrogen-bond donors (Lipinski definition) is 1. The van der Waals surface area contributed by atoms with Gasteiger partial charge in [0.1, 0.15) is 0 Å². The van der Waals surface area contributed by atoms with Crippen molar-refractivity contribution in [1.82, 2.24) is 5.32 Å². The highest BCUT2D eigenvalue weighted by atomic mass is 35.5. The minimum Gasteiger partial charge on any atom is -0.349 e. The molecule has 0 saturated carbocycles. The van der Waals surface area contributed by atoms with E-state index in [9.17, 15) is 4.79 Å². The van der Waals surface area contributed by atoms with Crippen LogP contribution in [0.25, 0.3) is 0 Å². The first-order valence-corrected chi connectivity index (χ1v) is 3.99. The quantitative estimate of drug-likeness (QED) is 0.597. The van der Waals surface area contributed by atoms with Gasteiger partial charge in [0.05, 0.1) is 6.04 Å². The van der Waals surface area contributed by atoms with Crippen LogP contribution in [-0.2, 0) is 4.79 Å². The van der Waals surface area contributed by atoms with E-state index in [2.05, 4.69) is 11.0 Å². The fourth-order valence-corrected chi connectivity index (χ4v) is 1.30. The van der Waals surface area contributed by atoms with Crippen LogP contribution in [-0.4, -0.2) is 11.9 Å². The normalized spacial score (nSPS) is 22.4. The van der Waals surface area contributed by atoms with E-state index in [4.69, 9.17) is 11.6 Å². The smallest absolute Gasteiger partial charge is 0.220 e. The molecule has 1 N–H and O–H groups in total. The highest BCUT2D eigenvalue weighted by Gasteiger charge is 2.21. The lowest BCUT2D eigenvalue weighted by Crippen LogP contribution is -2.25. The summed E-state index contributed by atoms with van der Waals surface area (Å²) >= 11 is 5.34. The van der Waals surface area contributed by atoms with Crippen molar-refractivity contribution in [2.45, 2.75) is 25.8 Å². The predicted molar refractivity (Wildman–Crippen MR) is 44.3 cm³/mol. The van der Waals surface area contributed by atoms with Crippen LogP contribution in [0.2, 0.25) is 0 Å². The fourth-order valence-electron chi connectivity index (χ4n) is 1.13. The van der Waals surface area contributed by atoms with E-state index in [1.807, 2.05) is 6.92 Å². The molecule has 1 atom stereocenters. The lowest BCUT2D eigenvalue weighted by molar-refractivity contribution is -0.119. The molecule has 0 spiro atoms. The molecule has 60 valence electrons. The zero-order chi connectivity index (χ0) is 8.27. The second-order valence-electron chi connectivity index (χ2n) is 2.60. The van der Waals surface area contributed by atoms with Gasteiger partial charge in [0.25, 0.3) is 0 Å². The Hall–Kier alpha value is -0.720. The van der Waals surface area contributed by atoms with E-state index in [0.717, 1.165) is 12.0 Å². The molecule has 0 aromatic carbocycles. The molecule has 3 heteroatoms. The Bertz CT molecular complexity index is 228. The summed E-state index contributed by atoms with van der Waals surface area (Å²) in [7, 11) is 0. The molecule has 2 nitrogen and oxygen atoms in total. The van der Waals surface area contributed by atoms with E-state index < -0.39 is 0 Å². The largest absolute Gasteiger partial charge is 0.349 e. The number of carbonyl (C=O) groups is 1. The minimum absolute atomic E-state index is 0.116. The van der Waals surface area contributed by atoms with Crippen molar-refractivity contribution in [2.24, 2.45) is 0 Å². The molecule has 1 aliphatic heterocycles. The second-order valence-corrected chi connectivity index (χ2v) is 2.81. The van der Waals surface area contributed by atoms with Gasteiger partial charge in [-0.05, 0) is 18.9 Å². The maximum atomic E-state index is 10.8. The first kappa shape index (κ1) is 8.38. The minimum atomic E-state index is 0.116. The molecule has 11 heavy (non-hydrogen) atoms. The summed E-state index contributed by atoms with van der Waals surface area (Å²) in [5.41, 5.74) is 5.19. The molecular formula is C8H10ClNO. The average Bonchev–Trinajstić information content (AvgIpc) is 2.36. The first-order valence-electron chi connectivity index (χ1n) is 3.55. The molecule has 1 heterocycles. The number of amides is 1. The Labute approximate surface area is 70.9 Å². The van der Waals surface area contributed by atoms with E-state index in [-0.39, 0.29) is 11.9 Å². The van der Waals surface area contributed by atoms with E-state index >= 15 is 0 Å². The molecule has 0 aromatic rings. The van der Waals surface area contributed by atoms with Gasteiger partial charge in [-0.25, -0.2) is 0 Å². The van der Waals surface area contributed by atoms with Crippen LogP contribution < -0.4 is 5.32 Å². The molecule has 1 unspecified atom stereocenters. The summed E-state index contributed by atoms with van der Waals surface area (Å²) < 4.78 is 0. The molecule has 0 aliphatic carbocycles. The average molecular weight is 172 g/mol. The maximum Gasteiger partial charge on any atom is 0.220 e. The van der Waals surface area contributed by atoms with Crippen LogP contribution >= 0.6 is 11.6 Å². The molecule has 1 fully saturated rings. The zero-order valence-electron chi connectivity index (χ0n) is 6.36. The molecule has 1 saturated heterocycles. The monoisotopic (exact) mass is 171 g/mol. The van der Waals surface area contributed by atoms with Crippen molar-refractivity contribution >= 4 is 17.5 Å². The van der Waals surface area contributed by atoms with E-state index in [1.165, 1.54) is 5.54 Å². The standard InChI is InChI=1S/C8H10ClNO/c1-6(4-5-9)7-2-3-8(11)10-7/h5,7H,2-3H2,1H3,(H,10,11). The summed E-state index contributed by atoms with van der Waals surface area (Å²) in [6, 6.07) is 0.150. The third-order valence-corrected chi connectivity index (χ3v) is 1.91. The van der Waals surface area contributed by atoms with E-state index in [1.54, 1.807) is 0 Å². The Morgan fingerprint density at radius 3 is 3.09 bits per heavy atom. The number of halogens is 1. The highest BCUT2D eigenvalue weighted by molar-refractivity contribution is 6.25. The summed E-state index contributed by atoms with van der Waals surface area (Å²) in [6.45, 7) is 1.91. The summed E-state index contributed by atoms with van der Waals surface area (Å²) in [5, 5.41) is 2.82. The van der Waals surface area contributed by atoms with Crippen LogP contribution in [0.5, 0.6) is 0 Å². The van der Waals surface area contributed by atoms with Gasteiger partial charge in [-0.15, -0.1) is 5.73 Å². The highest BCUT2D eigenvalue weighted by Crippen LogP contribution is 2.13. The van der Waals surface area contributed by atoms with Crippen LogP contribution in [0, 0.1) is 0 Å². The van der Waals surface area contributed by atoms with E-state index in [0.29, 0.717) is 6.42 Å². The van der Waals surface area contributed by atoms with Crippen LogP contribution in [0.1, 0.15) is 19.8 Å². The number of carbonyl (C=O) groups excluding carboxylic acids is 1. The lowest BCUT2D eigenvalue weighted by Gasteiger charge is -2.06. The third kappa shape index (κ3) is 2.11. The Morgan fingerprint density at radius 2 is 2.64 bits per heavy atom. The van der Waals surface area contributed by atoms with Gasteiger partial charge < -0.3 is 5.32 Å². The topological polar surface area (TPSA) is 29.1 Å². The van der Waals surface area contributed by atoms with Crippen molar-refractivity contribution in [3.8, 4) is 0 Å².